The van der Waals surface area contributed by atoms with Crippen LogP contribution in [0.3, 0.4) is 0 Å². The molecule has 2 aromatic carbocycles. The normalized spacial score (nSPS) is 10.7. The summed E-state index contributed by atoms with van der Waals surface area (Å²) in [5.74, 6) is 2.26. The van der Waals surface area contributed by atoms with E-state index in [1.165, 1.54) is 11.3 Å². The van der Waals surface area contributed by atoms with E-state index in [9.17, 15) is 4.79 Å². The van der Waals surface area contributed by atoms with Gasteiger partial charge < -0.3 is 19.8 Å². The first-order valence-electron chi connectivity index (χ1n) is 10.0. The molecule has 2 N–H and O–H groups in total. The molecule has 0 unspecified atom stereocenters. The molecule has 0 spiro atoms. The summed E-state index contributed by atoms with van der Waals surface area (Å²) in [5.41, 5.74) is 3.80. The molecule has 164 valence electrons. The van der Waals surface area contributed by atoms with Gasteiger partial charge in [0.05, 0.1) is 30.5 Å². The lowest BCUT2D eigenvalue weighted by molar-refractivity contribution is 0.0960. The van der Waals surface area contributed by atoms with E-state index in [2.05, 4.69) is 10.3 Å². The average Bonchev–Trinajstić information content (AvgIpc) is 3.52. The molecule has 0 aliphatic heterocycles. The highest BCUT2D eigenvalue weighted by atomic mass is 32.2. The number of aromatic amines is 1. The first-order valence-corrected chi connectivity index (χ1v) is 11.9. The Hall–Kier alpha value is -3.23. The SMILES string of the molecule is COc1ccc(-c2nc(SCCNC(=O)c3cccs3)[nH]c2-c2ccc(OC)cc2)cc1. The molecule has 6 nitrogen and oxygen atoms in total. The van der Waals surface area contributed by atoms with Crippen LogP contribution in [0.1, 0.15) is 9.67 Å². The number of ether oxygens (including phenoxy) is 2. The predicted octanol–water partition coefficient (Wildman–Crippen LogP) is 5.34. The third kappa shape index (κ3) is 5.15. The lowest BCUT2D eigenvalue weighted by atomic mass is 10.0. The highest BCUT2D eigenvalue weighted by Gasteiger charge is 2.15. The van der Waals surface area contributed by atoms with E-state index in [1.54, 1.807) is 26.0 Å². The number of benzene rings is 2. The van der Waals surface area contributed by atoms with Crippen LogP contribution in [0.15, 0.2) is 71.2 Å². The monoisotopic (exact) mass is 465 g/mol. The van der Waals surface area contributed by atoms with Gasteiger partial charge >= 0.3 is 0 Å². The Morgan fingerprint density at radius 2 is 1.66 bits per heavy atom. The van der Waals surface area contributed by atoms with Crippen LogP contribution in [-0.2, 0) is 0 Å². The van der Waals surface area contributed by atoms with Gasteiger partial charge in [0.25, 0.3) is 5.91 Å². The Bertz CT molecular complexity index is 1090. The summed E-state index contributed by atoms with van der Waals surface area (Å²) in [7, 11) is 3.30. The van der Waals surface area contributed by atoms with Crippen molar-refractivity contribution >= 4 is 29.0 Å². The smallest absolute Gasteiger partial charge is 0.261 e. The lowest BCUT2D eigenvalue weighted by Crippen LogP contribution is -2.24. The highest BCUT2D eigenvalue weighted by Crippen LogP contribution is 2.34. The van der Waals surface area contributed by atoms with Crippen molar-refractivity contribution < 1.29 is 14.3 Å². The Morgan fingerprint density at radius 3 is 2.25 bits per heavy atom. The molecule has 4 rings (SSSR count). The fraction of sp³-hybridized carbons (Fsp3) is 0.167. The molecule has 32 heavy (non-hydrogen) atoms. The fourth-order valence-corrected chi connectivity index (χ4v) is 4.52. The van der Waals surface area contributed by atoms with Gasteiger partial charge in [-0.25, -0.2) is 4.98 Å². The second-order valence-corrected chi connectivity index (χ2v) is 8.84. The Labute approximate surface area is 195 Å². The first-order chi connectivity index (χ1) is 15.7. The van der Waals surface area contributed by atoms with E-state index in [-0.39, 0.29) is 5.91 Å². The Morgan fingerprint density at radius 1 is 1.00 bits per heavy atom. The van der Waals surface area contributed by atoms with Crippen molar-refractivity contribution in [1.82, 2.24) is 15.3 Å². The molecule has 0 fully saturated rings. The van der Waals surface area contributed by atoms with Gasteiger partial charge in [-0.05, 0) is 60.0 Å². The molecule has 0 aliphatic carbocycles. The maximum atomic E-state index is 12.1. The van der Waals surface area contributed by atoms with Gasteiger partial charge in [-0.1, -0.05) is 17.8 Å². The fourth-order valence-electron chi connectivity index (χ4n) is 3.15. The Balaban J connectivity index is 1.52. The zero-order chi connectivity index (χ0) is 22.3. The summed E-state index contributed by atoms with van der Waals surface area (Å²) in [4.78, 5) is 21.1. The van der Waals surface area contributed by atoms with Crippen molar-refractivity contribution in [3.05, 3.63) is 70.9 Å². The van der Waals surface area contributed by atoms with Crippen molar-refractivity contribution in [1.29, 1.82) is 0 Å². The summed E-state index contributed by atoms with van der Waals surface area (Å²) in [6.45, 7) is 0.553. The van der Waals surface area contributed by atoms with Gasteiger partial charge in [0.1, 0.15) is 11.5 Å². The van der Waals surface area contributed by atoms with E-state index >= 15 is 0 Å². The third-order valence-corrected chi connectivity index (χ3v) is 6.54. The molecular weight excluding hydrogens is 442 g/mol. The van der Waals surface area contributed by atoms with Crippen LogP contribution in [-0.4, -0.2) is 42.4 Å². The number of imidazole rings is 1. The number of carbonyl (C=O) groups excluding carboxylic acids is 1. The number of H-pyrrole nitrogens is 1. The number of rotatable bonds is 9. The van der Waals surface area contributed by atoms with Crippen LogP contribution < -0.4 is 14.8 Å². The van der Waals surface area contributed by atoms with E-state index in [1.807, 2.05) is 66.0 Å². The maximum Gasteiger partial charge on any atom is 0.261 e. The minimum atomic E-state index is -0.0436. The number of hydrogen-bond acceptors (Lipinski definition) is 6. The predicted molar refractivity (Wildman–Crippen MR) is 130 cm³/mol. The number of hydrogen-bond donors (Lipinski definition) is 2. The minimum absolute atomic E-state index is 0.0436. The van der Waals surface area contributed by atoms with Crippen molar-refractivity contribution in [3.8, 4) is 34.0 Å². The molecule has 0 radical (unpaired) electrons. The quantitative estimate of drug-likeness (QED) is 0.258. The van der Waals surface area contributed by atoms with Crippen molar-refractivity contribution in [3.63, 3.8) is 0 Å². The first kappa shape index (κ1) is 22.0. The molecule has 0 saturated heterocycles. The van der Waals surface area contributed by atoms with Crippen molar-refractivity contribution in [2.75, 3.05) is 26.5 Å². The number of amides is 1. The molecule has 0 bridgehead atoms. The second-order valence-electron chi connectivity index (χ2n) is 6.80. The number of aromatic nitrogens is 2. The largest absolute Gasteiger partial charge is 0.497 e. The highest BCUT2D eigenvalue weighted by molar-refractivity contribution is 7.99. The summed E-state index contributed by atoms with van der Waals surface area (Å²) < 4.78 is 10.6. The van der Waals surface area contributed by atoms with Crippen LogP contribution in [0, 0.1) is 0 Å². The van der Waals surface area contributed by atoms with E-state index in [0.29, 0.717) is 12.3 Å². The molecule has 0 atom stereocenters. The van der Waals surface area contributed by atoms with Gasteiger partial charge in [-0.3, -0.25) is 4.79 Å². The van der Waals surface area contributed by atoms with E-state index in [0.717, 1.165) is 44.0 Å². The molecule has 0 saturated carbocycles. The number of nitrogens with zero attached hydrogens (tertiary/aromatic N) is 1. The van der Waals surface area contributed by atoms with Crippen molar-refractivity contribution in [2.24, 2.45) is 0 Å². The third-order valence-electron chi connectivity index (χ3n) is 4.80. The number of carbonyl (C=O) groups is 1. The zero-order valence-corrected chi connectivity index (χ0v) is 19.4. The van der Waals surface area contributed by atoms with E-state index in [4.69, 9.17) is 14.5 Å². The molecule has 2 heterocycles. The minimum Gasteiger partial charge on any atom is -0.497 e. The number of methoxy groups -OCH3 is 2. The molecule has 2 aromatic heterocycles. The summed E-state index contributed by atoms with van der Waals surface area (Å²) >= 11 is 3.01. The molecule has 8 heteroatoms. The lowest BCUT2D eigenvalue weighted by Gasteiger charge is -2.06. The molecular formula is C24H23N3O3S2. The molecule has 1 amide bonds. The average molecular weight is 466 g/mol. The van der Waals surface area contributed by atoms with Crippen LogP contribution in [0.25, 0.3) is 22.5 Å². The van der Waals surface area contributed by atoms with Crippen LogP contribution >= 0.6 is 23.1 Å². The molecule has 4 aromatic rings. The van der Waals surface area contributed by atoms with Crippen LogP contribution in [0.4, 0.5) is 0 Å². The summed E-state index contributed by atoms with van der Waals surface area (Å²) in [5, 5.41) is 5.64. The summed E-state index contributed by atoms with van der Waals surface area (Å²) in [6.07, 6.45) is 0. The van der Waals surface area contributed by atoms with Crippen LogP contribution in [0.5, 0.6) is 11.5 Å². The standard InChI is InChI=1S/C24H23N3O3S2/c1-29-18-9-5-16(6-10-18)21-22(17-7-11-19(30-2)12-8-17)27-24(26-21)32-15-13-25-23(28)20-4-3-14-31-20/h3-12,14H,13,15H2,1-2H3,(H,25,28)(H,26,27). The van der Waals surface area contributed by atoms with Gasteiger partial charge in [-0.2, -0.15) is 0 Å². The van der Waals surface area contributed by atoms with E-state index < -0.39 is 0 Å². The maximum absolute atomic E-state index is 12.1. The van der Waals surface area contributed by atoms with Gasteiger partial charge in [0.15, 0.2) is 5.16 Å². The van der Waals surface area contributed by atoms with Crippen molar-refractivity contribution in [2.45, 2.75) is 5.16 Å². The topological polar surface area (TPSA) is 76.2 Å². The van der Waals surface area contributed by atoms with Gasteiger partial charge in [0.2, 0.25) is 0 Å². The number of nitrogens with one attached hydrogen (secondary N) is 2. The van der Waals surface area contributed by atoms with Gasteiger partial charge in [0, 0.05) is 23.4 Å². The van der Waals surface area contributed by atoms with Crippen LogP contribution in [0.2, 0.25) is 0 Å². The number of thiophene rings is 1. The van der Waals surface area contributed by atoms with Gasteiger partial charge in [-0.15, -0.1) is 11.3 Å². The number of thioether (sulfide) groups is 1. The second kappa shape index (κ2) is 10.4. The molecule has 0 aliphatic rings. The zero-order valence-electron chi connectivity index (χ0n) is 17.8. The summed E-state index contributed by atoms with van der Waals surface area (Å²) in [6, 6.07) is 19.4. The Kier molecular flexibility index (Phi) is 7.14.